The van der Waals surface area contributed by atoms with Gasteiger partial charge in [-0.15, -0.1) is 0 Å². The molecule has 0 amide bonds. The van der Waals surface area contributed by atoms with Crippen molar-refractivity contribution in [2.24, 2.45) is 0 Å². The van der Waals surface area contributed by atoms with Crippen molar-refractivity contribution in [3.05, 3.63) is 58.1 Å². The number of nitrogen functional groups attached to an aromatic ring is 1. The Bertz CT molecular complexity index is 602. The van der Waals surface area contributed by atoms with Crippen LogP contribution in [0.2, 0.25) is 0 Å². The van der Waals surface area contributed by atoms with E-state index in [1.165, 1.54) is 18.2 Å². The van der Waals surface area contributed by atoms with Gasteiger partial charge in [0.1, 0.15) is 11.6 Å². The highest BCUT2D eigenvalue weighted by molar-refractivity contribution is 9.10. The van der Waals surface area contributed by atoms with E-state index in [1.807, 2.05) is 18.0 Å². The van der Waals surface area contributed by atoms with Crippen molar-refractivity contribution >= 4 is 27.3 Å². The van der Waals surface area contributed by atoms with Crippen molar-refractivity contribution < 1.29 is 8.78 Å². The van der Waals surface area contributed by atoms with E-state index in [0.29, 0.717) is 22.4 Å². The lowest BCUT2D eigenvalue weighted by molar-refractivity contribution is 0.621. The van der Waals surface area contributed by atoms with Gasteiger partial charge in [0, 0.05) is 19.7 Å². The molecule has 0 bridgehead atoms. The van der Waals surface area contributed by atoms with E-state index in [0.717, 1.165) is 5.56 Å². The number of hydrogen-bond acceptors (Lipinski definition) is 2. The highest BCUT2D eigenvalue weighted by atomic mass is 79.9. The summed E-state index contributed by atoms with van der Waals surface area (Å²) < 4.78 is 26.8. The van der Waals surface area contributed by atoms with E-state index in [1.54, 1.807) is 12.1 Å². The molecule has 2 rings (SSSR count). The Hall–Kier alpha value is -1.62. The zero-order chi connectivity index (χ0) is 14.0. The zero-order valence-electron chi connectivity index (χ0n) is 10.3. The molecule has 0 fully saturated rings. The summed E-state index contributed by atoms with van der Waals surface area (Å²) in [5.41, 5.74) is 7.66. The molecule has 0 radical (unpaired) electrons. The zero-order valence-corrected chi connectivity index (χ0v) is 11.9. The van der Waals surface area contributed by atoms with Crippen molar-refractivity contribution in [3.8, 4) is 0 Å². The second-order valence-electron chi connectivity index (χ2n) is 4.31. The van der Waals surface area contributed by atoms with Crippen LogP contribution >= 0.6 is 15.9 Å². The van der Waals surface area contributed by atoms with Crippen molar-refractivity contribution in [1.29, 1.82) is 0 Å². The van der Waals surface area contributed by atoms with Gasteiger partial charge < -0.3 is 10.6 Å². The number of rotatable bonds is 3. The van der Waals surface area contributed by atoms with Crippen molar-refractivity contribution in [1.82, 2.24) is 0 Å². The molecule has 0 saturated carbocycles. The summed E-state index contributed by atoms with van der Waals surface area (Å²) in [5.74, 6) is -0.681. The van der Waals surface area contributed by atoms with Crippen LogP contribution in [0.25, 0.3) is 0 Å². The third-order valence-corrected chi connectivity index (χ3v) is 3.40. The molecule has 2 aromatic carbocycles. The van der Waals surface area contributed by atoms with Gasteiger partial charge >= 0.3 is 0 Å². The van der Waals surface area contributed by atoms with Crippen LogP contribution in [-0.4, -0.2) is 7.05 Å². The Morgan fingerprint density at radius 2 is 1.95 bits per heavy atom. The highest BCUT2D eigenvalue weighted by Gasteiger charge is 2.10. The largest absolute Gasteiger partial charge is 0.397 e. The molecule has 0 aliphatic rings. The third kappa shape index (κ3) is 3.23. The summed E-state index contributed by atoms with van der Waals surface area (Å²) in [4.78, 5) is 1.84. The maximum absolute atomic E-state index is 13.3. The minimum atomic E-state index is -0.402. The van der Waals surface area contributed by atoms with Crippen LogP contribution in [0.15, 0.2) is 40.9 Å². The lowest BCUT2D eigenvalue weighted by Crippen LogP contribution is -2.18. The first-order chi connectivity index (χ1) is 8.97. The highest BCUT2D eigenvalue weighted by Crippen LogP contribution is 2.29. The van der Waals surface area contributed by atoms with E-state index in [9.17, 15) is 8.78 Å². The molecule has 2 nitrogen and oxygen atoms in total. The molecule has 0 aliphatic carbocycles. The van der Waals surface area contributed by atoms with Crippen LogP contribution in [0, 0.1) is 11.6 Å². The van der Waals surface area contributed by atoms with Gasteiger partial charge in [-0.1, -0.05) is 12.1 Å². The van der Waals surface area contributed by atoms with Crippen LogP contribution in [-0.2, 0) is 6.54 Å². The minimum Gasteiger partial charge on any atom is -0.397 e. The van der Waals surface area contributed by atoms with E-state index < -0.39 is 5.82 Å². The Labute approximate surface area is 119 Å². The van der Waals surface area contributed by atoms with Gasteiger partial charge in [0.25, 0.3) is 0 Å². The minimum absolute atomic E-state index is 0.279. The summed E-state index contributed by atoms with van der Waals surface area (Å²) in [6, 6.07) is 9.22. The van der Waals surface area contributed by atoms with Gasteiger partial charge in [0.05, 0.1) is 15.8 Å². The van der Waals surface area contributed by atoms with Crippen molar-refractivity contribution in [3.63, 3.8) is 0 Å². The summed E-state index contributed by atoms with van der Waals surface area (Å²) in [5, 5.41) is 0. The number of halogens is 3. The van der Waals surface area contributed by atoms with E-state index in [4.69, 9.17) is 5.73 Å². The summed E-state index contributed by atoms with van der Waals surface area (Å²) in [7, 11) is 1.82. The molecule has 0 aliphatic heterocycles. The molecule has 0 atom stereocenters. The van der Waals surface area contributed by atoms with Gasteiger partial charge in [-0.25, -0.2) is 8.78 Å². The Morgan fingerprint density at radius 3 is 2.63 bits per heavy atom. The number of hydrogen-bond donors (Lipinski definition) is 1. The second kappa shape index (κ2) is 5.57. The second-order valence-corrected chi connectivity index (χ2v) is 5.17. The quantitative estimate of drug-likeness (QED) is 0.865. The Morgan fingerprint density at radius 1 is 1.21 bits per heavy atom. The van der Waals surface area contributed by atoms with Crippen LogP contribution in [0.4, 0.5) is 20.2 Å². The molecule has 0 aromatic heterocycles. The first kappa shape index (κ1) is 13.8. The van der Waals surface area contributed by atoms with Crippen LogP contribution in [0.3, 0.4) is 0 Å². The van der Waals surface area contributed by atoms with Crippen LogP contribution < -0.4 is 10.6 Å². The maximum atomic E-state index is 13.3. The maximum Gasteiger partial charge on any atom is 0.139 e. The predicted octanol–water partition coefficient (Wildman–Crippen LogP) is 3.95. The lowest BCUT2D eigenvalue weighted by Gasteiger charge is -2.21. The van der Waals surface area contributed by atoms with Crippen LogP contribution in [0.1, 0.15) is 5.56 Å². The predicted molar refractivity (Wildman–Crippen MR) is 77.0 cm³/mol. The summed E-state index contributed by atoms with van der Waals surface area (Å²) in [6.45, 7) is 0.486. The Balaban J connectivity index is 2.25. The molecule has 19 heavy (non-hydrogen) atoms. The van der Waals surface area contributed by atoms with Gasteiger partial charge in [-0.2, -0.15) is 0 Å². The van der Waals surface area contributed by atoms with Gasteiger partial charge in [-0.05, 0) is 39.7 Å². The number of nitrogens with zero attached hydrogens (tertiary/aromatic N) is 1. The lowest BCUT2D eigenvalue weighted by atomic mass is 10.2. The molecule has 100 valence electrons. The van der Waals surface area contributed by atoms with Crippen molar-refractivity contribution in [2.75, 3.05) is 17.7 Å². The van der Waals surface area contributed by atoms with Crippen molar-refractivity contribution in [2.45, 2.75) is 6.54 Å². The fourth-order valence-corrected chi connectivity index (χ4v) is 2.21. The summed E-state index contributed by atoms with van der Waals surface area (Å²) >= 11 is 3.13. The van der Waals surface area contributed by atoms with Gasteiger partial charge in [-0.3, -0.25) is 0 Å². The van der Waals surface area contributed by atoms with Gasteiger partial charge in [0.2, 0.25) is 0 Å². The average Bonchev–Trinajstić information content (AvgIpc) is 2.33. The molecule has 0 saturated heterocycles. The first-order valence-corrected chi connectivity index (χ1v) is 6.47. The fourth-order valence-electron chi connectivity index (χ4n) is 1.88. The molecule has 0 heterocycles. The number of anilines is 2. The van der Waals surface area contributed by atoms with Crippen LogP contribution in [0.5, 0.6) is 0 Å². The first-order valence-electron chi connectivity index (χ1n) is 5.67. The average molecular weight is 327 g/mol. The van der Waals surface area contributed by atoms with E-state index in [-0.39, 0.29) is 5.82 Å². The van der Waals surface area contributed by atoms with E-state index >= 15 is 0 Å². The molecule has 2 N–H and O–H groups in total. The topological polar surface area (TPSA) is 29.3 Å². The number of benzene rings is 2. The van der Waals surface area contributed by atoms with E-state index in [2.05, 4.69) is 15.9 Å². The molecule has 0 spiro atoms. The molecular formula is C14H13BrF2N2. The third-order valence-electron chi connectivity index (χ3n) is 2.79. The molecule has 5 heteroatoms. The molecule has 0 unspecified atom stereocenters. The monoisotopic (exact) mass is 326 g/mol. The molecule has 2 aromatic rings. The normalized spacial score (nSPS) is 10.5. The standard InChI is InChI=1S/C14H13BrF2N2/c1-19(8-9-3-2-4-10(16)5-9)14-6-11(15)12(17)7-13(14)18/h2-7H,8,18H2,1H3. The number of nitrogens with two attached hydrogens (primary N) is 1. The SMILES string of the molecule is CN(Cc1cccc(F)c1)c1cc(Br)c(F)cc1N. The summed E-state index contributed by atoms with van der Waals surface area (Å²) in [6.07, 6.45) is 0. The smallest absolute Gasteiger partial charge is 0.139 e. The van der Waals surface area contributed by atoms with Gasteiger partial charge in [0.15, 0.2) is 0 Å². The fraction of sp³-hybridized carbons (Fsp3) is 0.143. The molecular weight excluding hydrogens is 314 g/mol. The Kier molecular flexibility index (Phi) is 4.04.